The summed E-state index contributed by atoms with van der Waals surface area (Å²) in [6, 6.07) is 13.6. The van der Waals surface area contributed by atoms with Crippen LogP contribution in [-0.4, -0.2) is 19.5 Å². The number of hydrogen-bond acceptors (Lipinski definition) is 3. The van der Waals surface area contributed by atoms with E-state index in [4.69, 9.17) is 0 Å². The fraction of sp³-hybridized carbons (Fsp3) is 0.400. The zero-order valence-electron chi connectivity index (χ0n) is 23.3. The number of pyridine rings is 1. The predicted molar refractivity (Wildman–Crippen MR) is 142 cm³/mol. The molecule has 0 unspecified atom stereocenters. The summed E-state index contributed by atoms with van der Waals surface area (Å²) >= 11 is 2.00. The molecule has 0 fully saturated rings. The van der Waals surface area contributed by atoms with Gasteiger partial charge in [0, 0.05) is 0 Å². The van der Waals surface area contributed by atoms with E-state index in [0.29, 0.717) is 11.5 Å². The number of phenols is 2. The van der Waals surface area contributed by atoms with Crippen molar-refractivity contribution in [3.8, 4) is 11.5 Å². The zero-order chi connectivity index (χ0) is 26.3. The van der Waals surface area contributed by atoms with Gasteiger partial charge in [-0.25, -0.2) is 0 Å². The van der Waals surface area contributed by atoms with Crippen molar-refractivity contribution in [2.45, 2.75) is 80.1 Å². The predicted octanol–water partition coefficient (Wildman–Crippen LogP) is 1.40. The van der Waals surface area contributed by atoms with Crippen LogP contribution in [-0.2, 0) is 30.8 Å². The monoisotopic (exact) mass is 565 g/mol. The van der Waals surface area contributed by atoms with Crippen LogP contribution in [0.5, 0.6) is 11.5 Å². The van der Waals surface area contributed by atoms with Crippen LogP contribution in [0.2, 0.25) is 0 Å². The van der Waals surface area contributed by atoms with Gasteiger partial charge in [0.15, 0.2) is 0 Å². The SMILES string of the molecule is Cc1ccc(O)c(C(C)(C)C)c1.Cc1ccc(O)c(C(C)(C)C)c1.Cc1cnc([CH]=[Ti])c(C)c1.[Cl-].[Cl-]. The Morgan fingerprint density at radius 3 is 1.33 bits per heavy atom. The summed E-state index contributed by atoms with van der Waals surface area (Å²) in [5.74, 6) is 0.793. The van der Waals surface area contributed by atoms with Gasteiger partial charge in [-0.3, -0.25) is 0 Å². The number of aromatic hydroxyl groups is 2. The van der Waals surface area contributed by atoms with Crippen molar-refractivity contribution < 1.29 is 55.0 Å². The van der Waals surface area contributed by atoms with Gasteiger partial charge in [0.2, 0.25) is 0 Å². The first-order valence-corrected chi connectivity index (χ1v) is 12.5. The summed E-state index contributed by atoms with van der Waals surface area (Å²) in [7, 11) is 0. The summed E-state index contributed by atoms with van der Waals surface area (Å²) in [4.78, 5) is 4.24. The van der Waals surface area contributed by atoms with Crippen molar-refractivity contribution in [1.82, 2.24) is 4.98 Å². The molecule has 0 saturated carbocycles. The molecule has 1 aromatic heterocycles. The molecule has 2 N–H and O–H groups in total. The van der Waals surface area contributed by atoms with Gasteiger partial charge in [-0.1, -0.05) is 76.9 Å². The molecule has 0 aliphatic rings. The summed E-state index contributed by atoms with van der Waals surface area (Å²) in [6.45, 7) is 20.8. The number of nitrogens with zero attached hydrogens (tertiary/aromatic N) is 1. The van der Waals surface area contributed by atoms with Crippen LogP contribution in [0, 0.1) is 27.7 Å². The second-order valence-electron chi connectivity index (χ2n) is 10.9. The first kappa shape index (κ1) is 36.5. The number of aryl methyl sites for hydroxylation is 4. The van der Waals surface area contributed by atoms with E-state index >= 15 is 0 Å². The number of aromatic nitrogens is 1. The van der Waals surface area contributed by atoms with Crippen LogP contribution < -0.4 is 24.8 Å². The average molecular weight is 566 g/mol. The molecule has 0 amide bonds. The fourth-order valence-corrected chi connectivity index (χ4v) is 3.85. The zero-order valence-corrected chi connectivity index (χ0v) is 26.4. The van der Waals surface area contributed by atoms with E-state index in [2.05, 4.69) is 66.4 Å². The van der Waals surface area contributed by atoms with Crippen molar-refractivity contribution in [2.75, 3.05) is 0 Å². The first-order valence-electron chi connectivity index (χ1n) is 11.6. The quantitative estimate of drug-likeness (QED) is 0.439. The topological polar surface area (TPSA) is 53.4 Å². The van der Waals surface area contributed by atoms with Gasteiger partial charge in [-0.05, 0) is 47.9 Å². The maximum atomic E-state index is 9.57. The van der Waals surface area contributed by atoms with Gasteiger partial charge in [0.1, 0.15) is 11.5 Å². The number of phenolic OH excluding ortho intramolecular Hbond substituents is 2. The molecule has 2 aromatic carbocycles. The Morgan fingerprint density at radius 2 is 1.06 bits per heavy atom. The molecule has 6 heteroatoms. The molecular formula is C30H41Cl2NO2Ti-2. The Kier molecular flexibility index (Phi) is 15.8. The Hall–Kier alpha value is -1.65. The van der Waals surface area contributed by atoms with Crippen molar-refractivity contribution in [1.29, 1.82) is 0 Å². The van der Waals surface area contributed by atoms with Crippen LogP contribution in [0.3, 0.4) is 0 Å². The number of halogens is 2. The minimum absolute atomic E-state index is 0. The largest absolute Gasteiger partial charge is 1.00 e. The van der Waals surface area contributed by atoms with Crippen LogP contribution in [0.4, 0.5) is 0 Å². The van der Waals surface area contributed by atoms with Crippen LogP contribution >= 0.6 is 0 Å². The van der Waals surface area contributed by atoms with E-state index in [9.17, 15) is 10.2 Å². The standard InChI is InChI=1S/2C11H16O.C8H9N.2ClH.Ti/c2*1-8-5-6-10(12)9(7-8)11(2,3)4;1-6-4-7(2)8(3)9-5-6;;;/h2*5-7,12H,1-4H3;3-5H,1-2H3;2*1H;/p-2. The average Bonchev–Trinajstić information content (AvgIpc) is 2.71. The summed E-state index contributed by atoms with van der Waals surface area (Å²) in [5, 5.41) is 19.1. The van der Waals surface area contributed by atoms with Crippen LogP contribution in [0.15, 0.2) is 48.7 Å². The van der Waals surface area contributed by atoms with Gasteiger partial charge in [0.25, 0.3) is 0 Å². The van der Waals surface area contributed by atoms with Gasteiger partial charge in [-0.2, -0.15) is 0 Å². The van der Waals surface area contributed by atoms with E-state index in [1.807, 2.05) is 68.6 Å². The Labute approximate surface area is 242 Å². The van der Waals surface area contributed by atoms with Crippen molar-refractivity contribution in [3.05, 3.63) is 87.7 Å². The molecule has 0 bridgehead atoms. The molecule has 0 radical (unpaired) electrons. The third-order valence-electron chi connectivity index (χ3n) is 5.31. The molecule has 0 spiro atoms. The van der Waals surface area contributed by atoms with E-state index in [0.717, 1.165) is 16.8 Å². The van der Waals surface area contributed by atoms with E-state index < -0.39 is 0 Å². The second-order valence-corrected chi connectivity index (χ2v) is 11.4. The summed E-state index contributed by atoms with van der Waals surface area (Å²) < 4.78 is 2.02. The molecule has 3 aromatic rings. The third kappa shape index (κ3) is 12.1. The van der Waals surface area contributed by atoms with Gasteiger partial charge in [0.05, 0.1) is 0 Å². The smallest absolute Gasteiger partial charge is 1.00 e. The summed E-state index contributed by atoms with van der Waals surface area (Å²) in [6.07, 6.45) is 1.89. The van der Waals surface area contributed by atoms with E-state index in [1.165, 1.54) is 22.3 Å². The molecule has 36 heavy (non-hydrogen) atoms. The van der Waals surface area contributed by atoms with E-state index in [-0.39, 0.29) is 35.6 Å². The van der Waals surface area contributed by atoms with Gasteiger partial charge in [-0.15, -0.1) is 0 Å². The minimum atomic E-state index is 0. The molecule has 3 nitrogen and oxygen atoms in total. The van der Waals surface area contributed by atoms with E-state index in [1.54, 1.807) is 12.1 Å². The van der Waals surface area contributed by atoms with Crippen LogP contribution in [0.25, 0.3) is 0 Å². The Bertz CT molecular complexity index is 1060. The van der Waals surface area contributed by atoms with Crippen LogP contribution in [0.1, 0.15) is 80.6 Å². The molecule has 1 heterocycles. The second kappa shape index (κ2) is 15.6. The van der Waals surface area contributed by atoms with Crippen molar-refractivity contribution in [3.63, 3.8) is 0 Å². The molecule has 3 rings (SSSR count). The summed E-state index contributed by atoms with van der Waals surface area (Å²) in [5.41, 5.74) is 8.03. The van der Waals surface area contributed by atoms with Gasteiger partial charge >= 0.3 is 72.2 Å². The van der Waals surface area contributed by atoms with Gasteiger partial charge < -0.3 is 35.0 Å². The third-order valence-corrected chi connectivity index (χ3v) is 5.74. The van der Waals surface area contributed by atoms with Crippen molar-refractivity contribution in [2.24, 2.45) is 0 Å². The Balaban J connectivity index is 0. The molecule has 198 valence electrons. The maximum Gasteiger partial charge on any atom is -1.00 e. The Morgan fingerprint density at radius 1 is 0.667 bits per heavy atom. The maximum absolute atomic E-state index is 9.57. The molecule has 0 atom stereocenters. The molecule has 0 aliphatic heterocycles. The number of benzene rings is 2. The molecule has 0 saturated heterocycles. The normalized spacial score (nSPS) is 10.4. The minimum Gasteiger partial charge on any atom is -1.00 e. The fourth-order valence-electron chi connectivity index (χ4n) is 3.38. The number of hydrogen-bond donors (Lipinski definition) is 2. The number of rotatable bonds is 1. The molecular weight excluding hydrogens is 525 g/mol. The molecule has 0 aliphatic carbocycles. The van der Waals surface area contributed by atoms with Crippen molar-refractivity contribution >= 4 is 4.31 Å². The first-order chi connectivity index (χ1) is 15.6.